The van der Waals surface area contributed by atoms with Gasteiger partial charge in [0.25, 0.3) is 5.56 Å². The summed E-state index contributed by atoms with van der Waals surface area (Å²) in [6.07, 6.45) is 3.73. The van der Waals surface area contributed by atoms with Crippen molar-refractivity contribution in [2.45, 2.75) is 39.2 Å². The minimum atomic E-state index is -0.211. The molecule has 0 radical (unpaired) electrons. The standard InChI is InChI=1S/C22H29N5O3/c1-2-25(15-19-23-18-10-4-3-9-17(18)20(28)24-19)21(29)16-8-7-13-27(14-16)22(30)26-11-5-6-12-26/h3-4,9-10,16H,2,5-8,11-15H2,1H3,(H,23,24,28)/t16-/m0/s1. The zero-order valence-corrected chi connectivity index (χ0v) is 17.5. The third-order valence-corrected chi connectivity index (χ3v) is 6.11. The molecule has 1 aromatic carbocycles. The van der Waals surface area contributed by atoms with E-state index >= 15 is 0 Å². The predicted octanol–water partition coefficient (Wildman–Crippen LogP) is 2.20. The summed E-state index contributed by atoms with van der Waals surface area (Å²) in [5.74, 6) is 0.291. The Balaban J connectivity index is 1.45. The van der Waals surface area contributed by atoms with Crippen molar-refractivity contribution in [1.82, 2.24) is 24.7 Å². The predicted molar refractivity (Wildman–Crippen MR) is 114 cm³/mol. The maximum Gasteiger partial charge on any atom is 0.320 e. The van der Waals surface area contributed by atoms with Crippen molar-refractivity contribution in [2.75, 3.05) is 32.7 Å². The molecule has 3 amide bonds. The van der Waals surface area contributed by atoms with Crippen LogP contribution in [0, 0.1) is 5.92 Å². The monoisotopic (exact) mass is 411 g/mol. The first-order valence-electron chi connectivity index (χ1n) is 10.9. The van der Waals surface area contributed by atoms with E-state index in [-0.39, 0.29) is 30.0 Å². The molecule has 160 valence electrons. The van der Waals surface area contributed by atoms with Crippen molar-refractivity contribution >= 4 is 22.8 Å². The van der Waals surface area contributed by atoms with Gasteiger partial charge < -0.3 is 19.7 Å². The Hall–Kier alpha value is -2.90. The van der Waals surface area contributed by atoms with Gasteiger partial charge in [-0.05, 0) is 44.7 Å². The summed E-state index contributed by atoms with van der Waals surface area (Å²) >= 11 is 0. The van der Waals surface area contributed by atoms with Gasteiger partial charge in [-0.3, -0.25) is 9.59 Å². The number of nitrogens with zero attached hydrogens (tertiary/aromatic N) is 4. The number of carbonyl (C=O) groups is 2. The van der Waals surface area contributed by atoms with Crippen molar-refractivity contribution < 1.29 is 9.59 Å². The smallest absolute Gasteiger partial charge is 0.320 e. The van der Waals surface area contributed by atoms with Crippen LogP contribution < -0.4 is 5.56 Å². The van der Waals surface area contributed by atoms with Crippen LogP contribution in [0.15, 0.2) is 29.1 Å². The van der Waals surface area contributed by atoms with E-state index < -0.39 is 0 Å². The van der Waals surface area contributed by atoms with Crippen molar-refractivity contribution in [3.8, 4) is 0 Å². The van der Waals surface area contributed by atoms with E-state index in [1.165, 1.54) is 0 Å². The molecule has 1 atom stereocenters. The number of piperidine rings is 1. The van der Waals surface area contributed by atoms with Crippen molar-refractivity contribution in [3.63, 3.8) is 0 Å². The van der Waals surface area contributed by atoms with Gasteiger partial charge in [0, 0.05) is 32.7 Å². The average molecular weight is 412 g/mol. The largest absolute Gasteiger partial charge is 0.335 e. The lowest BCUT2D eigenvalue weighted by atomic mass is 9.96. The molecule has 0 unspecified atom stereocenters. The molecule has 0 bridgehead atoms. The van der Waals surface area contributed by atoms with Crippen LogP contribution >= 0.6 is 0 Å². The molecule has 0 saturated carbocycles. The second kappa shape index (κ2) is 8.85. The van der Waals surface area contributed by atoms with E-state index in [2.05, 4.69) is 9.97 Å². The highest BCUT2D eigenvalue weighted by Crippen LogP contribution is 2.22. The highest BCUT2D eigenvalue weighted by Gasteiger charge is 2.33. The number of rotatable bonds is 4. The molecule has 0 spiro atoms. The van der Waals surface area contributed by atoms with E-state index in [9.17, 15) is 14.4 Å². The van der Waals surface area contributed by atoms with Gasteiger partial charge in [0.15, 0.2) is 0 Å². The average Bonchev–Trinajstić information content (AvgIpc) is 3.31. The lowest BCUT2D eigenvalue weighted by molar-refractivity contribution is -0.137. The Morgan fingerprint density at radius 3 is 2.63 bits per heavy atom. The maximum atomic E-state index is 13.2. The Kier molecular flexibility index (Phi) is 6.01. The Morgan fingerprint density at radius 2 is 1.87 bits per heavy atom. The van der Waals surface area contributed by atoms with Gasteiger partial charge >= 0.3 is 6.03 Å². The van der Waals surface area contributed by atoms with E-state index in [0.717, 1.165) is 38.8 Å². The number of aromatic amines is 1. The third kappa shape index (κ3) is 4.17. The van der Waals surface area contributed by atoms with Gasteiger partial charge in [-0.15, -0.1) is 0 Å². The molecular formula is C22H29N5O3. The van der Waals surface area contributed by atoms with E-state index in [0.29, 0.717) is 36.4 Å². The first-order valence-corrected chi connectivity index (χ1v) is 10.9. The van der Waals surface area contributed by atoms with Crippen LogP contribution in [0.2, 0.25) is 0 Å². The lowest BCUT2D eigenvalue weighted by Crippen LogP contribution is -2.50. The molecule has 2 aromatic rings. The lowest BCUT2D eigenvalue weighted by Gasteiger charge is -2.36. The molecule has 4 rings (SSSR count). The Morgan fingerprint density at radius 1 is 1.13 bits per heavy atom. The molecule has 2 aliphatic rings. The molecule has 3 heterocycles. The Bertz CT molecular complexity index is 982. The van der Waals surface area contributed by atoms with Crippen LogP contribution in [0.4, 0.5) is 4.79 Å². The molecular weight excluding hydrogens is 382 g/mol. The maximum absolute atomic E-state index is 13.2. The fraction of sp³-hybridized carbons (Fsp3) is 0.545. The minimum Gasteiger partial charge on any atom is -0.335 e. The first-order chi connectivity index (χ1) is 14.6. The van der Waals surface area contributed by atoms with E-state index in [1.807, 2.05) is 22.8 Å². The summed E-state index contributed by atoms with van der Waals surface area (Å²) in [5, 5.41) is 0.541. The van der Waals surface area contributed by atoms with Gasteiger partial charge in [-0.25, -0.2) is 9.78 Å². The summed E-state index contributed by atoms with van der Waals surface area (Å²) in [5.41, 5.74) is 0.430. The number of carbonyl (C=O) groups excluding carboxylic acids is 2. The third-order valence-electron chi connectivity index (χ3n) is 6.11. The van der Waals surface area contributed by atoms with Crippen LogP contribution in [0.25, 0.3) is 10.9 Å². The van der Waals surface area contributed by atoms with Crippen molar-refractivity contribution in [3.05, 3.63) is 40.4 Å². The molecule has 2 fully saturated rings. The van der Waals surface area contributed by atoms with Crippen molar-refractivity contribution in [1.29, 1.82) is 0 Å². The number of hydrogen-bond donors (Lipinski definition) is 1. The summed E-state index contributed by atoms with van der Waals surface area (Å²) in [6, 6.07) is 7.25. The summed E-state index contributed by atoms with van der Waals surface area (Å²) in [7, 11) is 0. The first kappa shape index (κ1) is 20.4. The number of benzene rings is 1. The zero-order chi connectivity index (χ0) is 21.1. The van der Waals surface area contributed by atoms with Crippen LogP contribution in [-0.4, -0.2) is 69.3 Å². The van der Waals surface area contributed by atoms with Crippen LogP contribution in [-0.2, 0) is 11.3 Å². The topological polar surface area (TPSA) is 89.6 Å². The quantitative estimate of drug-likeness (QED) is 0.835. The number of H-pyrrole nitrogens is 1. The SMILES string of the molecule is CCN(Cc1nc2ccccc2c(=O)[nH]1)C(=O)[C@H]1CCCN(C(=O)N2CCCC2)C1. The van der Waals surface area contributed by atoms with Crippen LogP contribution in [0.3, 0.4) is 0 Å². The van der Waals surface area contributed by atoms with Gasteiger partial charge in [-0.1, -0.05) is 12.1 Å². The molecule has 0 aliphatic carbocycles. The Labute approximate surface area is 175 Å². The minimum absolute atomic E-state index is 0.0206. The number of fused-ring (bicyclic) bond motifs is 1. The van der Waals surface area contributed by atoms with E-state index in [4.69, 9.17) is 0 Å². The highest BCUT2D eigenvalue weighted by atomic mass is 16.2. The molecule has 1 N–H and O–H groups in total. The van der Waals surface area contributed by atoms with Crippen LogP contribution in [0.5, 0.6) is 0 Å². The van der Waals surface area contributed by atoms with Gasteiger partial charge in [0.05, 0.1) is 23.4 Å². The molecule has 2 aliphatic heterocycles. The number of urea groups is 1. The molecule has 30 heavy (non-hydrogen) atoms. The normalized spacial score (nSPS) is 19.3. The zero-order valence-electron chi connectivity index (χ0n) is 17.5. The van der Waals surface area contributed by atoms with Gasteiger partial charge in [0.1, 0.15) is 5.82 Å². The summed E-state index contributed by atoms with van der Waals surface area (Å²) in [4.78, 5) is 51.1. The van der Waals surface area contributed by atoms with Gasteiger partial charge in [0.2, 0.25) is 5.91 Å². The fourth-order valence-electron chi connectivity index (χ4n) is 4.46. The molecule has 8 heteroatoms. The number of aromatic nitrogens is 2. The number of nitrogens with one attached hydrogen (secondary N) is 1. The fourth-order valence-corrected chi connectivity index (χ4v) is 4.46. The number of hydrogen-bond acceptors (Lipinski definition) is 4. The van der Waals surface area contributed by atoms with Gasteiger partial charge in [-0.2, -0.15) is 0 Å². The second-order valence-corrected chi connectivity index (χ2v) is 8.14. The molecule has 1 aromatic heterocycles. The number of para-hydroxylation sites is 1. The second-order valence-electron chi connectivity index (χ2n) is 8.14. The number of amides is 3. The van der Waals surface area contributed by atoms with E-state index in [1.54, 1.807) is 23.1 Å². The number of likely N-dealkylation sites (tertiary alicyclic amines) is 2. The van der Waals surface area contributed by atoms with Crippen LogP contribution in [0.1, 0.15) is 38.4 Å². The molecule has 8 nitrogen and oxygen atoms in total. The highest BCUT2D eigenvalue weighted by molar-refractivity contribution is 5.81. The summed E-state index contributed by atoms with van der Waals surface area (Å²) in [6.45, 7) is 5.51. The molecule has 2 saturated heterocycles. The summed E-state index contributed by atoms with van der Waals surface area (Å²) < 4.78 is 0. The van der Waals surface area contributed by atoms with Crippen molar-refractivity contribution in [2.24, 2.45) is 5.92 Å².